The SMILES string of the molecule is O=C(O)CCCCNC(=O)c1ncc(Oc2ccccc2)cc1O. The second-order valence-electron chi connectivity index (χ2n) is 5.06. The molecule has 1 heterocycles. The summed E-state index contributed by atoms with van der Waals surface area (Å²) in [5.41, 5.74) is -0.103. The maximum atomic E-state index is 11.9. The third-order valence-corrected chi connectivity index (χ3v) is 3.14. The predicted octanol–water partition coefficient (Wildman–Crippen LogP) is 2.56. The van der Waals surface area contributed by atoms with Crippen LogP contribution in [-0.4, -0.2) is 33.6 Å². The van der Waals surface area contributed by atoms with Crippen LogP contribution in [0.1, 0.15) is 29.8 Å². The molecule has 1 aromatic carbocycles. The van der Waals surface area contributed by atoms with Gasteiger partial charge in [-0.3, -0.25) is 9.59 Å². The highest BCUT2D eigenvalue weighted by Gasteiger charge is 2.14. The van der Waals surface area contributed by atoms with Gasteiger partial charge in [-0.25, -0.2) is 4.98 Å². The second kappa shape index (κ2) is 8.52. The summed E-state index contributed by atoms with van der Waals surface area (Å²) in [4.78, 5) is 26.2. The van der Waals surface area contributed by atoms with Crippen LogP contribution >= 0.6 is 0 Å². The molecule has 0 aliphatic heterocycles. The van der Waals surface area contributed by atoms with Gasteiger partial charge in [0, 0.05) is 19.0 Å². The minimum Gasteiger partial charge on any atom is -0.505 e. The standard InChI is InChI=1S/C17H18N2O5/c20-14-10-13(24-12-6-2-1-3-7-12)11-19-16(14)17(23)18-9-5-4-8-15(21)22/h1-3,6-7,10-11,20H,4-5,8-9H2,(H,18,23)(H,21,22). The molecule has 7 heteroatoms. The first kappa shape index (κ1) is 17.3. The smallest absolute Gasteiger partial charge is 0.303 e. The molecule has 0 unspecified atom stereocenters. The first-order valence-electron chi connectivity index (χ1n) is 7.48. The van der Waals surface area contributed by atoms with Crippen molar-refractivity contribution in [2.24, 2.45) is 0 Å². The van der Waals surface area contributed by atoms with E-state index in [1.54, 1.807) is 12.1 Å². The number of para-hydroxylation sites is 1. The summed E-state index contributed by atoms with van der Waals surface area (Å²) in [7, 11) is 0. The molecule has 0 radical (unpaired) electrons. The number of aliphatic carboxylic acids is 1. The molecule has 7 nitrogen and oxygen atoms in total. The van der Waals surface area contributed by atoms with Crippen LogP contribution in [0.3, 0.4) is 0 Å². The average Bonchev–Trinajstić information content (AvgIpc) is 2.55. The van der Waals surface area contributed by atoms with E-state index in [2.05, 4.69) is 10.3 Å². The van der Waals surface area contributed by atoms with Crippen molar-refractivity contribution in [3.63, 3.8) is 0 Å². The lowest BCUT2D eigenvalue weighted by molar-refractivity contribution is -0.137. The highest BCUT2D eigenvalue weighted by atomic mass is 16.5. The van der Waals surface area contributed by atoms with Gasteiger partial charge < -0.3 is 20.3 Å². The van der Waals surface area contributed by atoms with Gasteiger partial charge in [0.05, 0.1) is 6.20 Å². The Morgan fingerprint density at radius 3 is 2.54 bits per heavy atom. The van der Waals surface area contributed by atoms with E-state index in [0.717, 1.165) is 0 Å². The highest BCUT2D eigenvalue weighted by Crippen LogP contribution is 2.25. The Hall–Kier alpha value is -3.09. The van der Waals surface area contributed by atoms with E-state index >= 15 is 0 Å². The van der Waals surface area contributed by atoms with Gasteiger partial charge in [0.15, 0.2) is 11.4 Å². The number of amides is 1. The van der Waals surface area contributed by atoms with Crippen molar-refractivity contribution in [2.45, 2.75) is 19.3 Å². The molecule has 0 saturated heterocycles. The quantitative estimate of drug-likeness (QED) is 0.642. The van der Waals surface area contributed by atoms with Gasteiger partial charge in [-0.1, -0.05) is 18.2 Å². The number of hydrogen-bond acceptors (Lipinski definition) is 5. The van der Waals surface area contributed by atoms with Crippen LogP contribution < -0.4 is 10.1 Å². The molecule has 0 bridgehead atoms. The molecule has 1 aromatic heterocycles. The second-order valence-corrected chi connectivity index (χ2v) is 5.06. The molecule has 0 fully saturated rings. The lowest BCUT2D eigenvalue weighted by Gasteiger charge is -2.08. The number of hydrogen-bond donors (Lipinski definition) is 3. The fourth-order valence-electron chi connectivity index (χ4n) is 1.98. The molecule has 2 aromatic rings. The number of unbranched alkanes of at least 4 members (excludes halogenated alkanes) is 1. The van der Waals surface area contributed by atoms with Gasteiger partial charge in [0.25, 0.3) is 5.91 Å². The Bertz CT molecular complexity index is 703. The average molecular weight is 330 g/mol. The number of benzene rings is 1. The van der Waals surface area contributed by atoms with Crippen LogP contribution in [-0.2, 0) is 4.79 Å². The molecular weight excluding hydrogens is 312 g/mol. The zero-order chi connectivity index (χ0) is 17.4. The number of pyridine rings is 1. The Labute approximate surface area is 138 Å². The predicted molar refractivity (Wildman–Crippen MR) is 86.2 cm³/mol. The van der Waals surface area contributed by atoms with Gasteiger partial charge >= 0.3 is 5.97 Å². The Morgan fingerprint density at radius 1 is 1.12 bits per heavy atom. The van der Waals surface area contributed by atoms with Gasteiger partial charge in [-0.15, -0.1) is 0 Å². The normalized spacial score (nSPS) is 10.2. The number of carboxylic acids is 1. The largest absolute Gasteiger partial charge is 0.505 e. The van der Waals surface area contributed by atoms with Crippen LogP contribution in [0, 0.1) is 0 Å². The van der Waals surface area contributed by atoms with E-state index in [4.69, 9.17) is 9.84 Å². The van der Waals surface area contributed by atoms with Crippen molar-refractivity contribution in [3.05, 3.63) is 48.3 Å². The lowest BCUT2D eigenvalue weighted by atomic mass is 10.2. The van der Waals surface area contributed by atoms with E-state index < -0.39 is 11.9 Å². The lowest BCUT2D eigenvalue weighted by Crippen LogP contribution is -2.25. The van der Waals surface area contributed by atoms with E-state index in [1.165, 1.54) is 12.3 Å². The summed E-state index contributed by atoms with van der Waals surface area (Å²) in [5, 5.41) is 21.0. The van der Waals surface area contributed by atoms with Gasteiger partial charge in [0.1, 0.15) is 11.5 Å². The molecule has 24 heavy (non-hydrogen) atoms. The number of aromatic nitrogens is 1. The van der Waals surface area contributed by atoms with Gasteiger partial charge in [0.2, 0.25) is 0 Å². The summed E-state index contributed by atoms with van der Waals surface area (Å²) in [6.45, 7) is 0.315. The van der Waals surface area contributed by atoms with Gasteiger partial charge in [-0.2, -0.15) is 0 Å². The fourth-order valence-corrected chi connectivity index (χ4v) is 1.98. The van der Waals surface area contributed by atoms with E-state index in [1.807, 2.05) is 18.2 Å². The molecule has 126 valence electrons. The topological polar surface area (TPSA) is 109 Å². The number of carboxylic acid groups (broad SMARTS) is 1. The number of aromatic hydroxyl groups is 1. The molecule has 0 aliphatic carbocycles. The molecule has 3 N–H and O–H groups in total. The third-order valence-electron chi connectivity index (χ3n) is 3.14. The summed E-state index contributed by atoms with van der Waals surface area (Å²) in [5.74, 6) is -0.763. The Balaban J connectivity index is 1.89. The first-order valence-corrected chi connectivity index (χ1v) is 7.48. The summed E-state index contributed by atoms with van der Waals surface area (Å²) < 4.78 is 5.52. The highest BCUT2D eigenvalue weighted by molar-refractivity contribution is 5.94. The van der Waals surface area contributed by atoms with E-state index in [0.29, 0.717) is 30.9 Å². The first-order chi connectivity index (χ1) is 11.6. The van der Waals surface area contributed by atoms with Crippen molar-refractivity contribution in [1.82, 2.24) is 10.3 Å². The number of carbonyl (C=O) groups excluding carboxylic acids is 1. The summed E-state index contributed by atoms with van der Waals surface area (Å²) in [6.07, 6.45) is 2.42. The van der Waals surface area contributed by atoms with Crippen LogP contribution in [0.5, 0.6) is 17.2 Å². The van der Waals surface area contributed by atoms with E-state index in [9.17, 15) is 14.7 Å². The molecule has 0 aliphatic rings. The number of ether oxygens (including phenoxy) is 1. The van der Waals surface area contributed by atoms with Crippen molar-refractivity contribution < 1.29 is 24.5 Å². The van der Waals surface area contributed by atoms with Gasteiger partial charge in [-0.05, 0) is 25.0 Å². The maximum absolute atomic E-state index is 11.9. The summed E-state index contributed by atoms with van der Waals surface area (Å²) >= 11 is 0. The summed E-state index contributed by atoms with van der Waals surface area (Å²) in [6, 6.07) is 10.3. The van der Waals surface area contributed by atoms with E-state index in [-0.39, 0.29) is 17.9 Å². The van der Waals surface area contributed by atoms with Crippen LogP contribution in [0.25, 0.3) is 0 Å². The molecule has 0 saturated carbocycles. The zero-order valence-electron chi connectivity index (χ0n) is 12.9. The van der Waals surface area contributed by atoms with Crippen LogP contribution in [0.2, 0.25) is 0 Å². The molecule has 2 rings (SSSR count). The zero-order valence-corrected chi connectivity index (χ0v) is 12.9. The Kier molecular flexibility index (Phi) is 6.13. The van der Waals surface area contributed by atoms with Crippen LogP contribution in [0.15, 0.2) is 42.6 Å². The minimum atomic E-state index is -0.866. The van der Waals surface area contributed by atoms with Crippen molar-refractivity contribution in [2.75, 3.05) is 6.54 Å². The van der Waals surface area contributed by atoms with Crippen molar-refractivity contribution in [1.29, 1.82) is 0 Å². The molecule has 1 amide bonds. The maximum Gasteiger partial charge on any atom is 0.303 e. The van der Waals surface area contributed by atoms with Crippen LogP contribution in [0.4, 0.5) is 0 Å². The third kappa shape index (κ3) is 5.28. The number of carbonyl (C=O) groups is 2. The molecule has 0 spiro atoms. The number of nitrogens with one attached hydrogen (secondary N) is 1. The van der Waals surface area contributed by atoms with Crippen molar-refractivity contribution >= 4 is 11.9 Å². The van der Waals surface area contributed by atoms with Crippen molar-refractivity contribution in [3.8, 4) is 17.2 Å². The minimum absolute atomic E-state index is 0.0604. The molecular formula is C17H18N2O5. The number of rotatable bonds is 8. The fraction of sp³-hybridized carbons (Fsp3) is 0.235. The molecule has 0 atom stereocenters. The Morgan fingerprint density at radius 2 is 1.88 bits per heavy atom. The number of nitrogens with zero attached hydrogens (tertiary/aromatic N) is 1. The monoisotopic (exact) mass is 330 g/mol.